The van der Waals surface area contributed by atoms with Crippen LogP contribution in [-0.4, -0.2) is 49.0 Å². The second kappa shape index (κ2) is 8.65. The predicted molar refractivity (Wildman–Crippen MR) is 132 cm³/mol. The van der Waals surface area contributed by atoms with Gasteiger partial charge in [-0.15, -0.1) is 0 Å². The zero-order chi connectivity index (χ0) is 23.2. The number of thioether (sulfide) groups is 1. The summed E-state index contributed by atoms with van der Waals surface area (Å²) in [5, 5.41) is 12.9. The molecular weight excluding hydrogens is 450 g/mol. The molecule has 0 aliphatic carbocycles. The van der Waals surface area contributed by atoms with Gasteiger partial charge in [-0.2, -0.15) is 0 Å². The second-order valence-electron chi connectivity index (χ2n) is 9.11. The highest BCUT2D eigenvalue weighted by atomic mass is 32.2. The van der Waals surface area contributed by atoms with Crippen molar-refractivity contribution in [3.05, 3.63) is 64.7 Å². The van der Waals surface area contributed by atoms with Crippen molar-refractivity contribution >= 4 is 29.4 Å². The third-order valence-corrected chi connectivity index (χ3v) is 8.23. The molecular formula is C25H27N5O3S. The number of carbonyl (C=O) groups excluding carboxylic acids is 2. The fourth-order valence-corrected chi connectivity index (χ4v) is 6.53. The van der Waals surface area contributed by atoms with Crippen molar-refractivity contribution in [3.63, 3.8) is 0 Å². The van der Waals surface area contributed by atoms with Crippen molar-refractivity contribution < 1.29 is 14.3 Å². The fraction of sp³-hybridized carbons (Fsp3) is 0.360. The van der Waals surface area contributed by atoms with E-state index in [9.17, 15) is 9.59 Å². The number of rotatable bonds is 5. The quantitative estimate of drug-likeness (QED) is 0.529. The van der Waals surface area contributed by atoms with E-state index >= 15 is 0 Å². The number of para-hydroxylation sites is 1. The van der Waals surface area contributed by atoms with E-state index in [4.69, 9.17) is 4.74 Å². The number of ether oxygens (including phenoxy) is 1. The molecule has 4 aliphatic rings. The van der Waals surface area contributed by atoms with Gasteiger partial charge in [0.1, 0.15) is 11.5 Å². The molecule has 34 heavy (non-hydrogen) atoms. The van der Waals surface area contributed by atoms with E-state index in [1.807, 2.05) is 60.4 Å². The Kier molecular flexibility index (Phi) is 5.47. The van der Waals surface area contributed by atoms with Crippen LogP contribution in [0.15, 0.2) is 59.1 Å². The lowest BCUT2D eigenvalue weighted by molar-refractivity contribution is -0.117. The number of aryl methyl sites for hydroxylation is 1. The lowest BCUT2D eigenvalue weighted by Crippen LogP contribution is -2.62. The summed E-state index contributed by atoms with van der Waals surface area (Å²) < 4.78 is 5.98. The van der Waals surface area contributed by atoms with Gasteiger partial charge in [0.05, 0.1) is 22.4 Å². The van der Waals surface area contributed by atoms with Crippen LogP contribution in [0.5, 0.6) is 11.5 Å². The largest absolute Gasteiger partial charge is 0.457 e. The number of anilines is 1. The number of amides is 3. The first-order chi connectivity index (χ1) is 16.6. The van der Waals surface area contributed by atoms with Crippen LogP contribution in [0.2, 0.25) is 0 Å². The van der Waals surface area contributed by atoms with Gasteiger partial charge in [-0.25, -0.2) is 4.79 Å². The number of urea groups is 1. The highest BCUT2D eigenvalue weighted by Gasteiger charge is 2.52. The third-order valence-electron chi connectivity index (χ3n) is 6.87. The van der Waals surface area contributed by atoms with Gasteiger partial charge in [0.2, 0.25) is 0 Å². The number of benzene rings is 2. The zero-order valence-corrected chi connectivity index (χ0v) is 19.7. The highest BCUT2D eigenvalue weighted by Crippen LogP contribution is 2.48. The molecule has 8 nitrogen and oxygen atoms in total. The van der Waals surface area contributed by atoms with E-state index < -0.39 is 0 Å². The van der Waals surface area contributed by atoms with Crippen LogP contribution in [0, 0.1) is 12.8 Å². The molecule has 3 amide bonds. The Labute approximate surface area is 202 Å². The molecule has 4 aliphatic heterocycles. The molecule has 0 spiro atoms. The smallest absolute Gasteiger partial charge is 0.326 e. The molecule has 0 bridgehead atoms. The summed E-state index contributed by atoms with van der Waals surface area (Å²) in [5.41, 5.74) is 2.60. The maximum Gasteiger partial charge on any atom is 0.326 e. The summed E-state index contributed by atoms with van der Waals surface area (Å²) in [6.07, 6.45) is 0.821. The first-order valence-electron chi connectivity index (χ1n) is 11.7. The Balaban J connectivity index is 1.28. The van der Waals surface area contributed by atoms with Crippen molar-refractivity contribution in [1.29, 1.82) is 0 Å². The van der Waals surface area contributed by atoms with E-state index in [-0.39, 0.29) is 35.3 Å². The number of nitrogens with one attached hydrogen (secondary N) is 4. The predicted octanol–water partition coefficient (Wildman–Crippen LogP) is 2.67. The first-order valence-corrected chi connectivity index (χ1v) is 12.6. The first kappa shape index (κ1) is 21.5. The molecule has 0 aromatic heterocycles. The molecule has 4 heterocycles. The average Bonchev–Trinajstić information content (AvgIpc) is 3.18. The van der Waals surface area contributed by atoms with Crippen LogP contribution in [0.1, 0.15) is 12.0 Å². The van der Waals surface area contributed by atoms with E-state index in [1.54, 1.807) is 0 Å². The van der Waals surface area contributed by atoms with Crippen LogP contribution in [0.4, 0.5) is 10.5 Å². The summed E-state index contributed by atoms with van der Waals surface area (Å²) in [6.45, 7) is 4.37. The van der Waals surface area contributed by atoms with Crippen LogP contribution in [0.25, 0.3) is 0 Å². The van der Waals surface area contributed by atoms with Gasteiger partial charge < -0.3 is 26.0 Å². The Hall–Kier alpha value is -3.01. The van der Waals surface area contributed by atoms with Crippen LogP contribution in [0.3, 0.4) is 0 Å². The normalized spacial score (nSPS) is 26.0. The minimum Gasteiger partial charge on any atom is -0.457 e. The van der Waals surface area contributed by atoms with Gasteiger partial charge in [-0.1, -0.05) is 30.0 Å². The van der Waals surface area contributed by atoms with Crippen molar-refractivity contribution in [2.45, 2.75) is 30.8 Å². The van der Waals surface area contributed by atoms with Gasteiger partial charge in [-0.05, 0) is 55.8 Å². The number of hydrogen-bond donors (Lipinski definition) is 4. The minimum absolute atomic E-state index is 0.0160. The molecule has 3 saturated heterocycles. The Morgan fingerprint density at radius 1 is 1.15 bits per heavy atom. The summed E-state index contributed by atoms with van der Waals surface area (Å²) in [6, 6.07) is 15.4. The van der Waals surface area contributed by atoms with Crippen LogP contribution in [-0.2, 0) is 4.79 Å². The molecule has 9 heteroatoms. The van der Waals surface area contributed by atoms with Gasteiger partial charge in [0.15, 0.2) is 0 Å². The Morgan fingerprint density at radius 2 is 1.97 bits per heavy atom. The molecule has 3 atom stereocenters. The SMILES string of the molecule is Cc1cc(Oc2ccccc2)ccc1N1C(=O)NC2=C(C(=O)NC3CNC3)SC3NCCC1C23. The molecule has 3 fully saturated rings. The molecule has 3 unspecified atom stereocenters. The summed E-state index contributed by atoms with van der Waals surface area (Å²) >= 11 is 1.54. The van der Waals surface area contributed by atoms with Gasteiger partial charge in [0, 0.05) is 30.4 Å². The number of piperidine rings is 1. The molecule has 0 radical (unpaired) electrons. The van der Waals surface area contributed by atoms with Crippen molar-refractivity contribution in [1.82, 2.24) is 21.3 Å². The minimum atomic E-state index is -0.185. The summed E-state index contributed by atoms with van der Waals surface area (Å²) in [4.78, 5) is 28.9. The molecule has 2 aromatic rings. The number of nitrogens with zero attached hydrogens (tertiary/aromatic N) is 1. The summed E-state index contributed by atoms with van der Waals surface area (Å²) in [7, 11) is 0. The molecule has 0 saturated carbocycles. The van der Waals surface area contributed by atoms with Gasteiger partial charge in [0.25, 0.3) is 5.91 Å². The third kappa shape index (κ3) is 3.73. The van der Waals surface area contributed by atoms with Crippen LogP contribution < -0.4 is 30.9 Å². The van der Waals surface area contributed by atoms with E-state index in [2.05, 4.69) is 21.3 Å². The maximum atomic E-state index is 13.4. The standard InChI is InChI=1S/C25H27N5O3S/c1-14-11-17(33-16-5-3-2-4-6-16)7-8-18(14)30-19-9-10-27-24-20(19)21(29-25(30)32)22(34-24)23(31)28-15-12-26-13-15/h2-8,11,15,19-20,24,26-27H,9-10,12-13H2,1H3,(H,28,31)(H,29,32). The maximum absolute atomic E-state index is 13.4. The molecule has 4 N–H and O–H groups in total. The second-order valence-corrected chi connectivity index (χ2v) is 10.3. The molecule has 2 aromatic carbocycles. The Bertz CT molecular complexity index is 1170. The van der Waals surface area contributed by atoms with Crippen molar-refractivity contribution in [3.8, 4) is 11.5 Å². The lowest BCUT2D eigenvalue weighted by Gasteiger charge is -2.46. The molecule has 6 rings (SSSR count). The average molecular weight is 478 g/mol. The monoisotopic (exact) mass is 477 g/mol. The number of hydrogen-bond acceptors (Lipinski definition) is 6. The van der Waals surface area contributed by atoms with Gasteiger partial charge in [-0.3, -0.25) is 9.69 Å². The Morgan fingerprint density at radius 3 is 2.71 bits per heavy atom. The van der Waals surface area contributed by atoms with Crippen molar-refractivity contribution in [2.24, 2.45) is 5.92 Å². The lowest BCUT2D eigenvalue weighted by atomic mass is 9.86. The van der Waals surface area contributed by atoms with E-state index in [0.29, 0.717) is 4.91 Å². The zero-order valence-electron chi connectivity index (χ0n) is 18.8. The number of carbonyl (C=O) groups is 2. The fourth-order valence-electron chi connectivity index (χ4n) is 5.13. The summed E-state index contributed by atoms with van der Waals surface area (Å²) in [5.74, 6) is 1.45. The van der Waals surface area contributed by atoms with E-state index in [1.165, 1.54) is 11.8 Å². The molecule has 176 valence electrons. The van der Waals surface area contributed by atoms with Gasteiger partial charge >= 0.3 is 6.03 Å². The highest BCUT2D eigenvalue weighted by molar-refractivity contribution is 8.04. The van der Waals surface area contributed by atoms with E-state index in [0.717, 1.165) is 54.5 Å². The van der Waals surface area contributed by atoms with Crippen molar-refractivity contribution in [2.75, 3.05) is 24.5 Å². The topological polar surface area (TPSA) is 94.7 Å². The van der Waals surface area contributed by atoms with Crippen LogP contribution >= 0.6 is 11.8 Å².